The first-order valence-corrected chi connectivity index (χ1v) is 8.96. The molecule has 0 aliphatic carbocycles. The molecule has 4 rings (SSSR count). The SMILES string of the molecule is O=C1c2cc(Cl)ccc2C(O)(c2ccccc2)N1c1ccc([N+](=O)[O-])cc1Cl. The Morgan fingerprint density at radius 3 is 2.36 bits per heavy atom. The lowest BCUT2D eigenvalue weighted by Crippen LogP contribution is -2.45. The minimum atomic E-state index is -1.85. The molecule has 1 N–H and O–H groups in total. The van der Waals surface area contributed by atoms with Gasteiger partial charge in [0.15, 0.2) is 5.72 Å². The molecule has 0 saturated heterocycles. The molecule has 1 aliphatic rings. The van der Waals surface area contributed by atoms with E-state index in [4.69, 9.17) is 23.2 Å². The van der Waals surface area contributed by atoms with E-state index in [1.165, 1.54) is 18.2 Å². The van der Waals surface area contributed by atoms with Crippen LogP contribution in [0.15, 0.2) is 66.7 Å². The van der Waals surface area contributed by atoms with Crippen LogP contribution in [-0.4, -0.2) is 15.9 Å². The van der Waals surface area contributed by atoms with Crippen LogP contribution in [-0.2, 0) is 5.72 Å². The fourth-order valence-electron chi connectivity index (χ4n) is 3.41. The minimum absolute atomic E-state index is 0.0317. The zero-order valence-electron chi connectivity index (χ0n) is 14.2. The van der Waals surface area contributed by atoms with E-state index in [2.05, 4.69) is 0 Å². The number of non-ortho nitro benzene ring substituents is 1. The number of nitro groups is 1. The highest BCUT2D eigenvalue weighted by molar-refractivity contribution is 6.35. The third-order valence-electron chi connectivity index (χ3n) is 4.67. The third-order valence-corrected chi connectivity index (χ3v) is 5.21. The standard InChI is InChI=1S/C20H12Cl2N2O4/c21-13-6-8-16-15(10-13)19(25)23(20(16,26)12-4-2-1-3-5-12)18-9-7-14(24(27)28)11-17(18)22/h1-11,26H. The molecule has 1 amide bonds. The maximum absolute atomic E-state index is 13.2. The predicted molar refractivity (Wildman–Crippen MR) is 106 cm³/mol. The molecule has 28 heavy (non-hydrogen) atoms. The number of halogens is 2. The van der Waals surface area contributed by atoms with Gasteiger partial charge in [0.2, 0.25) is 0 Å². The van der Waals surface area contributed by atoms with E-state index in [0.29, 0.717) is 16.1 Å². The molecule has 3 aromatic rings. The van der Waals surface area contributed by atoms with Crippen LogP contribution in [0.1, 0.15) is 21.5 Å². The van der Waals surface area contributed by atoms with Crippen LogP contribution in [0.4, 0.5) is 11.4 Å². The highest BCUT2D eigenvalue weighted by Crippen LogP contribution is 2.47. The summed E-state index contributed by atoms with van der Waals surface area (Å²) in [4.78, 5) is 24.8. The Hall–Kier alpha value is -2.93. The molecule has 0 radical (unpaired) electrons. The molecule has 0 aromatic heterocycles. The monoisotopic (exact) mass is 414 g/mol. The summed E-state index contributed by atoms with van der Waals surface area (Å²) in [5.74, 6) is -0.514. The molecule has 140 valence electrons. The molecule has 6 nitrogen and oxygen atoms in total. The van der Waals surface area contributed by atoms with Gasteiger partial charge in [0.05, 0.1) is 15.6 Å². The van der Waals surface area contributed by atoms with E-state index < -0.39 is 16.6 Å². The number of carbonyl (C=O) groups is 1. The van der Waals surface area contributed by atoms with Crippen LogP contribution >= 0.6 is 23.2 Å². The van der Waals surface area contributed by atoms with Crippen molar-refractivity contribution in [1.29, 1.82) is 0 Å². The van der Waals surface area contributed by atoms with Crippen molar-refractivity contribution in [3.63, 3.8) is 0 Å². The first-order chi connectivity index (χ1) is 13.3. The van der Waals surface area contributed by atoms with Crippen LogP contribution in [0.3, 0.4) is 0 Å². The average molecular weight is 415 g/mol. The molecule has 8 heteroatoms. The second-order valence-electron chi connectivity index (χ2n) is 6.26. The molecular weight excluding hydrogens is 403 g/mol. The maximum Gasteiger partial charge on any atom is 0.271 e. The van der Waals surface area contributed by atoms with Gasteiger partial charge < -0.3 is 5.11 Å². The number of nitrogens with zero attached hydrogens (tertiary/aromatic N) is 2. The first-order valence-electron chi connectivity index (χ1n) is 8.20. The van der Waals surface area contributed by atoms with E-state index in [-0.39, 0.29) is 22.0 Å². The summed E-state index contributed by atoms with van der Waals surface area (Å²) < 4.78 is 0. The van der Waals surface area contributed by atoms with Gasteiger partial charge in [0.25, 0.3) is 11.6 Å². The molecule has 1 unspecified atom stereocenters. The highest BCUT2D eigenvalue weighted by Gasteiger charge is 2.51. The van der Waals surface area contributed by atoms with Crippen LogP contribution < -0.4 is 4.90 Å². The molecule has 0 bridgehead atoms. The summed E-state index contributed by atoms with van der Waals surface area (Å²) in [6.07, 6.45) is 0. The number of hydrogen-bond acceptors (Lipinski definition) is 4. The Balaban J connectivity index is 1.98. The van der Waals surface area contributed by atoms with Crippen LogP contribution in [0.5, 0.6) is 0 Å². The van der Waals surface area contributed by atoms with Gasteiger partial charge >= 0.3 is 0 Å². The number of amides is 1. The van der Waals surface area contributed by atoms with Crippen LogP contribution in [0.25, 0.3) is 0 Å². The number of carbonyl (C=O) groups excluding carboxylic acids is 1. The van der Waals surface area contributed by atoms with Gasteiger partial charge in [-0.2, -0.15) is 0 Å². The van der Waals surface area contributed by atoms with E-state index in [1.54, 1.807) is 42.5 Å². The maximum atomic E-state index is 13.2. The first kappa shape index (κ1) is 18.4. The summed E-state index contributed by atoms with van der Waals surface area (Å²) in [6, 6.07) is 17.0. The normalized spacial score (nSPS) is 18.2. The van der Waals surface area contributed by atoms with Crippen molar-refractivity contribution < 1.29 is 14.8 Å². The quantitative estimate of drug-likeness (QED) is 0.494. The van der Waals surface area contributed by atoms with Crippen molar-refractivity contribution in [1.82, 2.24) is 0 Å². The van der Waals surface area contributed by atoms with Gasteiger partial charge in [0, 0.05) is 33.8 Å². The van der Waals surface area contributed by atoms with E-state index in [0.717, 1.165) is 11.0 Å². The fraction of sp³-hybridized carbons (Fsp3) is 0.0500. The molecule has 1 atom stereocenters. The Labute approximate surface area is 169 Å². The van der Waals surface area contributed by atoms with E-state index in [1.807, 2.05) is 0 Å². The Kier molecular flexibility index (Phi) is 4.34. The van der Waals surface area contributed by atoms with Crippen molar-refractivity contribution in [3.05, 3.63) is 104 Å². The highest BCUT2D eigenvalue weighted by atomic mass is 35.5. The Morgan fingerprint density at radius 2 is 1.71 bits per heavy atom. The number of fused-ring (bicyclic) bond motifs is 1. The number of anilines is 1. The van der Waals surface area contributed by atoms with Gasteiger partial charge in [-0.05, 0) is 18.2 Å². The van der Waals surface area contributed by atoms with E-state index >= 15 is 0 Å². The van der Waals surface area contributed by atoms with Crippen molar-refractivity contribution >= 4 is 40.5 Å². The van der Waals surface area contributed by atoms with Crippen LogP contribution in [0.2, 0.25) is 10.0 Å². The fourth-order valence-corrected chi connectivity index (χ4v) is 3.85. The lowest BCUT2D eigenvalue weighted by molar-refractivity contribution is -0.384. The predicted octanol–water partition coefficient (Wildman–Crippen LogP) is 4.76. The Bertz CT molecular complexity index is 1120. The third kappa shape index (κ3) is 2.65. The zero-order chi connectivity index (χ0) is 20.1. The van der Waals surface area contributed by atoms with Gasteiger partial charge in [-0.25, -0.2) is 0 Å². The van der Waals surface area contributed by atoms with Crippen molar-refractivity contribution in [2.24, 2.45) is 0 Å². The van der Waals surface area contributed by atoms with Gasteiger partial charge in [-0.15, -0.1) is 0 Å². The number of nitro benzene ring substituents is 1. The van der Waals surface area contributed by atoms with Crippen molar-refractivity contribution in [2.45, 2.75) is 5.72 Å². The summed E-state index contributed by atoms with van der Waals surface area (Å²) in [5, 5.41) is 23.1. The molecule has 1 aliphatic heterocycles. The molecule has 0 fully saturated rings. The summed E-state index contributed by atoms with van der Waals surface area (Å²) in [6.45, 7) is 0. The van der Waals surface area contributed by atoms with Gasteiger partial charge in [0.1, 0.15) is 0 Å². The number of rotatable bonds is 3. The molecule has 3 aromatic carbocycles. The van der Waals surface area contributed by atoms with Gasteiger partial charge in [-0.1, -0.05) is 59.6 Å². The summed E-state index contributed by atoms with van der Waals surface area (Å²) >= 11 is 12.3. The number of aliphatic hydroxyl groups is 1. The van der Waals surface area contributed by atoms with Crippen molar-refractivity contribution in [2.75, 3.05) is 4.90 Å². The second-order valence-corrected chi connectivity index (χ2v) is 7.11. The average Bonchev–Trinajstić information content (AvgIpc) is 2.90. The largest absolute Gasteiger partial charge is 0.363 e. The second kappa shape index (κ2) is 6.60. The smallest absolute Gasteiger partial charge is 0.271 e. The van der Waals surface area contributed by atoms with E-state index in [9.17, 15) is 20.0 Å². The van der Waals surface area contributed by atoms with Gasteiger partial charge in [-0.3, -0.25) is 19.8 Å². The number of benzene rings is 3. The summed E-state index contributed by atoms with van der Waals surface area (Å²) in [7, 11) is 0. The molecule has 0 spiro atoms. The molecule has 0 saturated carbocycles. The lowest BCUT2D eigenvalue weighted by atomic mass is 9.93. The lowest BCUT2D eigenvalue weighted by Gasteiger charge is -2.35. The number of hydrogen-bond donors (Lipinski definition) is 1. The summed E-state index contributed by atoms with van der Waals surface area (Å²) in [5.41, 5.74) is -0.896. The van der Waals surface area contributed by atoms with Crippen molar-refractivity contribution in [3.8, 4) is 0 Å². The zero-order valence-corrected chi connectivity index (χ0v) is 15.7. The molecular formula is C20H12Cl2N2O4. The minimum Gasteiger partial charge on any atom is -0.363 e. The molecule has 1 heterocycles. The topological polar surface area (TPSA) is 83.7 Å². The Morgan fingerprint density at radius 1 is 1.00 bits per heavy atom. The van der Waals surface area contributed by atoms with Crippen LogP contribution in [0, 0.1) is 10.1 Å².